The fraction of sp³-hybridized carbons (Fsp3) is 1.00. The molecule has 0 bridgehead atoms. The van der Waals surface area contributed by atoms with Crippen molar-refractivity contribution in [2.45, 2.75) is 45.2 Å². The summed E-state index contributed by atoms with van der Waals surface area (Å²) in [5.74, 6) is 0.0246. The molecule has 0 heterocycles. The predicted molar refractivity (Wildman–Crippen MR) is 58.5 cm³/mol. The molecule has 2 N–H and O–H groups in total. The van der Waals surface area contributed by atoms with Crippen molar-refractivity contribution < 1.29 is 9.47 Å². The molecule has 1 unspecified atom stereocenters. The molecule has 4 heteroatoms. The first-order valence-corrected chi connectivity index (χ1v) is 6.86. The summed E-state index contributed by atoms with van der Waals surface area (Å²) in [5.41, 5.74) is 6.29. The third-order valence-corrected chi connectivity index (χ3v) is 3.73. The van der Waals surface area contributed by atoms with Gasteiger partial charge in [0.05, 0.1) is 0 Å². The maximum atomic E-state index is 5.95. The van der Waals surface area contributed by atoms with E-state index in [-0.39, 0.29) is 5.91 Å². The fourth-order valence-electron chi connectivity index (χ4n) is 1.29. The Morgan fingerprint density at radius 2 is 1.69 bits per heavy atom. The standard InChI is InChI=1S/C9H23NO2Si/c1-4-7-8(10)13-9(11-5-2)12-6-3/h8-9H,4-7,10,13H2,1-3H3. The third kappa shape index (κ3) is 7.19. The first-order chi connectivity index (χ1) is 6.24. The monoisotopic (exact) mass is 205 g/mol. The smallest absolute Gasteiger partial charge is 0.136 e. The van der Waals surface area contributed by atoms with Crippen LogP contribution in [0.3, 0.4) is 0 Å². The number of hydrogen-bond donors (Lipinski definition) is 1. The highest BCUT2D eigenvalue weighted by Crippen LogP contribution is 1.99. The lowest BCUT2D eigenvalue weighted by Gasteiger charge is -2.19. The molecule has 0 aliphatic carbocycles. The topological polar surface area (TPSA) is 44.5 Å². The van der Waals surface area contributed by atoms with Crippen LogP contribution in [-0.4, -0.2) is 34.3 Å². The van der Waals surface area contributed by atoms with E-state index in [1.165, 1.54) is 0 Å². The van der Waals surface area contributed by atoms with E-state index in [1.807, 2.05) is 13.8 Å². The highest BCUT2D eigenvalue weighted by Gasteiger charge is 2.13. The maximum Gasteiger partial charge on any atom is 0.136 e. The normalized spacial score (nSPS) is 14.5. The molecule has 1 atom stereocenters. The molecule has 3 nitrogen and oxygen atoms in total. The Morgan fingerprint density at radius 1 is 1.15 bits per heavy atom. The number of hydrogen-bond acceptors (Lipinski definition) is 3. The summed E-state index contributed by atoms with van der Waals surface area (Å²) in [6, 6.07) is 0. The second-order valence-electron chi connectivity index (χ2n) is 3.12. The third-order valence-electron chi connectivity index (χ3n) is 1.86. The van der Waals surface area contributed by atoms with Gasteiger partial charge in [-0.15, -0.1) is 0 Å². The molecule has 0 rings (SSSR count). The van der Waals surface area contributed by atoms with Crippen LogP contribution in [0.4, 0.5) is 0 Å². The van der Waals surface area contributed by atoms with Gasteiger partial charge in [-0.3, -0.25) is 0 Å². The molecule has 0 aromatic heterocycles. The summed E-state index contributed by atoms with van der Waals surface area (Å²) < 4.78 is 10.9. The molecule has 0 aromatic carbocycles. The molecule has 0 saturated heterocycles. The van der Waals surface area contributed by atoms with Crippen LogP contribution in [0.1, 0.15) is 33.6 Å². The van der Waals surface area contributed by atoms with Gasteiger partial charge in [-0.1, -0.05) is 13.3 Å². The maximum absolute atomic E-state index is 5.95. The van der Waals surface area contributed by atoms with Gasteiger partial charge in [0, 0.05) is 13.2 Å². The quantitative estimate of drug-likeness (QED) is 0.466. The first kappa shape index (κ1) is 13.1. The molecule has 0 spiro atoms. The molecule has 0 radical (unpaired) electrons. The van der Waals surface area contributed by atoms with Gasteiger partial charge in [-0.05, 0) is 25.9 Å². The lowest BCUT2D eigenvalue weighted by atomic mass is 10.3. The largest absolute Gasteiger partial charge is 0.357 e. The van der Waals surface area contributed by atoms with E-state index >= 15 is 0 Å². The van der Waals surface area contributed by atoms with Gasteiger partial charge in [0.25, 0.3) is 0 Å². The second kappa shape index (κ2) is 8.68. The van der Waals surface area contributed by atoms with Gasteiger partial charge in [-0.25, -0.2) is 0 Å². The lowest BCUT2D eigenvalue weighted by Crippen LogP contribution is -2.38. The minimum atomic E-state index is -0.450. The van der Waals surface area contributed by atoms with Crippen LogP contribution in [0, 0.1) is 0 Å². The molecule has 0 aliphatic rings. The molecule has 13 heavy (non-hydrogen) atoms. The van der Waals surface area contributed by atoms with E-state index in [0.29, 0.717) is 5.67 Å². The van der Waals surface area contributed by atoms with Crippen LogP contribution >= 0.6 is 0 Å². The van der Waals surface area contributed by atoms with Gasteiger partial charge >= 0.3 is 0 Å². The molecule has 0 saturated carbocycles. The molecule has 0 aromatic rings. The Labute approximate surface area is 83.8 Å². The molecule has 80 valence electrons. The summed E-state index contributed by atoms with van der Waals surface area (Å²) >= 11 is 0. The van der Waals surface area contributed by atoms with Crippen molar-refractivity contribution >= 4 is 9.52 Å². The zero-order valence-corrected chi connectivity index (χ0v) is 10.5. The van der Waals surface area contributed by atoms with Crippen molar-refractivity contribution in [2.75, 3.05) is 13.2 Å². The summed E-state index contributed by atoms with van der Waals surface area (Å²) in [4.78, 5) is 0. The van der Waals surface area contributed by atoms with Crippen LogP contribution in [0.15, 0.2) is 0 Å². The SMILES string of the molecule is CCCC(N)[SiH2]C(OCC)OCC. The summed E-state index contributed by atoms with van der Waals surface area (Å²) in [7, 11) is -0.450. The van der Waals surface area contributed by atoms with Crippen LogP contribution < -0.4 is 5.73 Å². The average Bonchev–Trinajstić information content (AvgIpc) is 2.05. The highest BCUT2D eigenvalue weighted by atomic mass is 28.2. The Balaban J connectivity index is 3.64. The van der Waals surface area contributed by atoms with Gasteiger partial charge in [-0.2, -0.15) is 0 Å². The highest BCUT2D eigenvalue weighted by molar-refractivity contribution is 6.38. The molecule has 0 fully saturated rings. The second-order valence-corrected chi connectivity index (χ2v) is 5.31. The Hall–Kier alpha value is 0.0969. The van der Waals surface area contributed by atoms with Crippen molar-refractivity contribution in [3.8, 4) is 0 Å². The van der Waals surface area contributed by atoms with Gasteiger partial charge in [0.15, 0.2) is 0 Å². The summed E-state index contributed by atoms with van der Waals surface area (Å²) in [6.07, 6.45) is 2.25. The van der Waals surface area contributed by atoms with Crippen LogP contribution in [0.5, 0.6) is 0 Å². The average molecular weight is 205 g/mol. The molecule has 0 amide bonds. The molecular weight excluding hydrogens is 182 g/mol. The summed E-state index contributed by atoms with van der Waals surface area (Å²) in [6.45, 7) is 7.58. The molecular formula is C9H23NO2Si. The van der Waals surface area contributed by atoms with Crippen molar-refractivity contribution in [2.24, 2.45) is 5.73 Å². The van der Waals surface area contributed by atoms with Gasteiger partial charge < -0.3 is 15.2 Å². The first-order valence-electron chi connectivity index (χ1n) is 5.23. The Morgan fingerprint density at radius 3 is 2.08 bits per heavy atom. The zero-order chi connectivity index (χ0) is 10.1. The number of rotatable bonds is 8. The van der Waals surface area contributed by atoms with Gasteiger partial charge in [0.2, 0.25) is 0 Å². The summed E-state index contributed by atoms with van der Waals surface area (Å²) in [5, 5.41) is 0. The van der Waals surface area contributed by atoms with Crippen LogP contribution in [-0.2, 0) is 9.47 Å². The van der Waals surface area contributed by atoms with Crippen molar-refractivity contribution in [3.05, 3.63) is 0 Å². The fourth-order valence-corrected chi connectivity index (χ4v) is 3.17. The van der Waals surface area contributed by atoms with E-state index in [2.05, 4.69) is 6.92 Å². The van der Waals surface area contributed by atoms with E-state index < -0.39 is 9.52 Å². The van der Waals surface area contributed by atoms with Crippen LogP contribution in [0.2, 0.25) is 0 Å². The van der Waals surface area contributed by atoms with Crippen molar-refractivity contribution in [1.29, 1.82) is 0 Å². The van der Waals surface area contributed by atoms with E-state index in [9.17, 15) is 0 Å². The van der Waals surface area contributed by atoms with Crippen molar-refractivity contribution in [3.63, 3.8) is 0 Å². The predicted octanol–water partition coefficient (Wildman–Crippen LogP) is 0.597. The zero-order valence-electron chi connectivity index (χ0n) is 9.08. The molecule has 0 aliphatic heterocycles. The van der Waals surface area contributed by atoms with E-state index in [0.717, 1.165) is 26.1 Å². The Kier molecular flexibility index (Phi) is 8.75. The lowest BCUT2D eigenvalue weighted by molar-refractivity contribution is -0.0833. The van der Waals surface area contributed by atoms with Crippen molar-refractivity contribution in [1.82, 2.24) is 0 Å². The minimum absolute atomic E-state index is 0.0246. The van der Waals surface area contributed by atoms with E-state index in [1.54, 1.807) is 0 Å². The number of nitrogens with two attached hydrogens (primary N) is 1. The Bertz CT molecular complexity index is 108. The van der Waals surface area contributed by atoms with Crippen LogP contribution in [0.25, 0.3) is 0 Å². The van der Waals surface area contributed by atoms with Gasteiger partial charge in [0.1, 0.15) is 15.4 Å². The van der Waals surface area contributed by atoms with E-state index in [4.69, 9.17) is 15.2 Å². The minimum Gasteiger partial charge on any atom is -0.357 e. The number of ether oxygens (including phenoxy) is 2.